The maximum absolute atomic E-state index is 13.9. The molecule has 0 bridgehead atoms. The number of carbonyl (C=O) groups is 1. The van der Waals surface area contributed by atoms with Crippen LogP contribution in [0.2, 0.25) is 0 Å². The molecule has 1 fully saturated rings. The number of nitrogens with one attached hydrogen (secondary N) is 2. The Hall–Kier alpha value is -3.28. The van der Waals surface area contributed by atoms with Crippen molar-refractivity contribution in [3.8, 4) is 5.69 Å². The van der Waals surface area contributed by atoms with Crippen LogP contribution in [-0.4, -0.2) is 28.6 Å². The van der Waals surface area contributed by atoms with E-state index in [1.54, 1.807) is 12.1 Å². The summed E-state index contributed by atoms with van der Waals surface area (Å²) in [5.74, 6) is -0.252. The number of amides is 2. The van der Waals surface area contributed by atoms with Crippen molar-refractivity contribution in [2.24, 2.45) is 0 Å². The first-order valence-corrected chi connectivity index (χ1v) is 10.5. The number of aromatic nitrogens is 1. The van der Waals surface area contributed by atoms with Crippen LogP contribution in [0.15, 0.2) is 60.8 Å². The Morgan fingerprint density at radius 2 is 1.90 bits per heavy atom. The Balaban J connectivity index is 1.32. The molecule has 2 N–H and O–H groups in total. The van der Waals surface area contributed by atoms with E-state index >= 15 is 0 Å². The summed E-state index contributed by atoms with van der Waals surface area (Å²) in [6, 6.07) is 16.9. The van der Waals surface area contributed by atoms with E-state index in [4.69, 9.17) is 0 Å². The molecule has 154 valence electrons. The summed E-state index contributed by atoms with van der Waals surface area (Å²) in [5.41, 5.74) is 4.67. The van der Waals surface area contributed by atoms with Gasteiger partial charge in [0, 0.05) is 30.7 Å². The molecule has 1 spiro atoms. The highest BCUT2D eigenvalue weighted by Gasteiger charge is 2.42. The molecule has 2 aliphatic heterocycles. The van der Waals surface area contributed by atoms with Gasteiger partial charge in [-0.15, -0.1) is 0 Å². The number of benzene rings is 2. The van der Waals surface area contributed by atoms with Gasteiger partial charge < -0.3 is 20.1 Å². The molecule has 1 aromatic heterocycles. The predicted octanol–water partition coefficient (Wildman–Crippen LogP) is 5.13. The van der Waals surface area contributed by atoms with E-state index in [0.29, 0.717) is 13.1 Å². The number of halogens is 1. The number of fused-ring (bicyclic) bond motifs is 4. The monoisotopic (exact) mass is 404 g/mol. The van der Waals surface area contributed by atoms with E-state index < -0.39 is 0 Å². The maximum atomic E-state index is 13.9. The molecule has 3 aromatic rings. The molecule has 0 aliphatic carbocycles. The molecule has 2 amide bonds. The topological polar surface area (TPSA) is 49.3 Å². The molecule has 0 radical (unpaired) electrons. The number of aryl methyl sites for hydroxylation is 1. The van der Waals surface area contributed by atoms with Crippen LogP contribution in [0.4, 0.5) is 20.6 Å². The molecule has 6 heteroatoms. The molecule has 30 heavy (non-hydrogen) atoms. The van der Waals surface area contributed by atoms with Gasteiger partial charge in [0.05, 0.1) is 16.9 Å². The van der Waals surface area contributed by atoms with Gasteiger partial charge in [-0.2, -0.15) is 0 Å². The molecule has 1 saturated heterocycles. The molecule has 2 aromatic carbocycles. The van der Waals surface area contributed by atoms with Gasteiger partial charge in [-0.25, -0.2) is 9.18 Å². The zero-order valence-corrected chi connectivity index (χ0v) is 17.0. The van der Waals surface area contributed by atoms with Gasteiger partial charge in [0.15, 0.2) is 0 Å². The van der Waals surface area contributed by atoms with E-state index in [-0.39, 0.29) is 17.4 Å². The Morgan fingerprint density at radius 1 is 1.13 bits per heavy atom. The van der Waals surface area contributed by atoms with Gasteiger partial charge in [-0.05, 0) is 67.3 Å². The van der Waals surface area contributed by atoms with Crippen LogP contribution in [0.5, 0.6) is 0 Å². The van der Waals surface area contributed by atoms with Crippen LogP contribution in [0, 0.1) is 5.82 Å². The third-order valence-electron chi connectivity index (χ3n) is 6.35. The molecular weight excluding hydrogens is 379 g/mol. The molecule has 0 saturated carbocycles. The first-order valence-electron chi connectivity index (χ1n) is 10.5. The number of anilines is 2. The third kappa shape index (κ3) is 3.12. The van der Waals surface area contributed by atoms with Gasteiger partial charge >= 0.3 is 6.03 Å². The smallest absolute Gasteiger partial charge is 0.321 e. The number of hydrogen-bond donors (Lipinski definition) is 2. The van der Waals surface area contributed by atoms with E-state index in [9.17, 15) is 9.18 Å². The van der Waals surface area contributed by atoms with Crippen molar-refractivity contribution >= 4 is 17.4 Å². The summed E-state index contributed by atoms with van der Waals surface area (Å²) in [6.45, 7) is 3.36. The fourth-order valence-electron chi connectivity index (χ4n) is 4.62. The highest BCUT2D eigenvalue weighted by atomic mass is 19.1. The average molecular weight is 404 g/mol. The number of carbonyl (C=O) groups excluding carboxylic acids is 1. The van der Waals surface area contributed by atoms with Crippen molar-refractivity contribution in [3.05, 3.63) is 77.9 Å². The van der Waals surface area contributed by atoms with Gasteiger partial charge in [0.1, 0.15) is 5.82 Å². The lowest BCUT2D eigenvalue weighted by Gasteiger charge is -2.46. The van der Waals surface area contributed by atoms with Crippen LogP contribution >= 0.6 is 0 Å². The molecule has 3 heterocycles. The minimum Gasteiger partial charge on any atom is -0.372 e. The summed E-state index contributed by atoms with van der Waals surface area (Å²) < 4.78 is 16.0. The minimum absolute atomic E-state index is 0.0771. The lowest BCUT2D eigenvalue weighted by atomic mass is 9.82. The first kappa shape index (κ1) is 18.7. The van der Waals surface area contributed by atoms with Gasteiger partial charge in [0.25, 0.3) is 0 Å². The second-order valence-electron chi connectivity index (χ2n) is 8.10. The standard InChI is InChI=1S/C24H25FN4O/c1-2-17-5-8-19(9-6-17)26-23(30)28-14-11-24(12-15-28)22-4-3-13-29(22)21-10-7-18(25)16-20(21)27-24/h3-10,13,16,27H,2,11-12,14-15H2,1H3,(H,26,30). The molecule has 2 aliphatic rings. The molecular formula is C24H25FN4O. The van der Waals surface area contributed by atoms with Crippen molar-refractivity contribution in [3.63, 3.8) is 0 Å². The quantitative estimate of drug-likeness (QED) is 0.622. The highest BCUT2D eigenvalue weighted by Crippen LogP contribution is 2.43. The molecule has 5 nitrogen and oxygen atoms in total. The summed E-state index contributed by atoms with van der Waals surface area (Å²) >= 11 is 0. The number of urea groups is 1. The summed E-state index contributed by atoms with van der Waals surface area (Å²) in [5, 5.41) is 6.60. The Morgan fingerprint density at radius 3 is 2.63 bits per heavy atom. The van der Waals surface area contributed by atoms with Crippen molar-refractivity contribution in [1.29, 1.82) is 0 Å². The van der Waals surface area contributed by atoms with Crippen LogP contribution in [0.25, 0.3) is 5.69 Å². The van der Waals surface area contributed by atoms with E-state index in [1.165, 1.54) is 11.6 Å². The zero-order chi connectivity index (χ0) is 20.7. The molecule has 5 rings (SSSR count). The van der Waals surface area contributed by atoms with Crippen LogP contribution in [-0.2, 0) is 12.0 Å². The normalized spacial score (nSPS) is 16.5. The highest BCUT2D eigenvalue weighted by molar-refractivity contribution is 5.89. The first-order chi connectivity index (χ1) is 14.6. The lowest BCUT2D eigenvalue weighted by Crippen LogP contribution is -2.51. The van der Waals surface area contributed by atoms with Crippen molar-refractivity contribution < 1.29 is 9.18 Å². The number of rotatable bonds is 2. The Kier molecular flexibility index (Phi) is 4.50. The summed E-state index contributed by atoms with van der Waals surface area (Å²) in [4.78, 5) is 14.6. The predicted molar refractivity (Wildman–Crippen MR) is 117 cm³/mol. The van der Waals surface area contributed by atoms with Crippen LogP contribution in [0.3, 0.4) is 0 Å². The van der Waals surface area contributed by atoms with E-state index in [2.05, 4.69) is 28.2 Å². The molecule has 0 atom stereocenters. The van der Waals surface area contributed by atoms with Crippen molar-refractivity contribution in [2.45, 2.75) is 31.7 Å². The lowest BCUT2D eigenvalue weighted by molar-refractivity contribution is 0.174. The number of likely N-dealkylation sites (tertiary alicyclic amines) is 1. The van der Waals surface area contributed by atoms with Crippen LogP contribution in [0.1, 0.15) is 31.0 Å². The largest absolute Gasteiger partial charge is 0.372 e. The Bertz CT molecular complexity index is 1080. The SMILES string of the molecule is CCc1ccc(NC(=O)N2CCC3(CC2)Nc2cc(F)ccc2-n2cccc23)cc1. The van der Waals surface area contributed by atoms with E-state index in [1.807, 2.05) is 41.4 Å². The van der Waals surface area contributed by atoms with Crippen LogP contribution < -0.4 is 10.6 Å². The second kappa shape index (κ2) is 7.20. The second-order valence-corrected chi connectivity index (χ2v) is 8.10. The maximum Gasteiger partial charge on any atom is 0.321 e. The van der Waals surface area contributed by atoms with Gasteiger partial charge in [0.2, 0.25) is 0 Å². The number of nitrogens with zero attached hydrogens (tertiary/aromatic N) is 2. The number of hydrogen-bond acceptors (Lipinski definition) is 2. The average Bonchev–Trinajstić information content (AvgIpc) is 3.26. The fourth-order valence-corrected chi connectivity index (χ4v) is 4.62. The third-order valence-corrected chi connectivity index (χ3v) is 6.35. The van der Waals surface area contributed by atoms with Gasteiger partial charge in [-0.1, -0.05) is 19.1 Å². The van der Waals surface area contributed by atoms with E-state index in [0.717, 1.165) is 42.0 Å². The number of piperidine rings is 1. The summed E-state index contributed by atoms with van der Waals surface area (Å²) in [7, 11) is 0. The molecule has 0 unspecified atom stereocenters. The Labute approximate surface area is 175 Å². The summed E-state index contributed by atoms with van der Waals surface area (Å²) in [6.07, 6.45) is 4.52. The fraction of sp³-hybridized carbons (Fsp3) is 0.292. The van der Waals surface area contributed by atoms with Gasteiger partial charge in [-0.3, -0.25) is 0 Å². The minimum atomic E-state index is -0.302. The van der Waals surface area contributed by atoms with Crippen molar-refractivity contribution in [2.75, 3.05) is 23.7 Å². The van der Waals surface area contributed by atoms with Crippen molar-refractivity contribution in [1.82, 2.24) is 9.47 Å². The zero-order valence-electron chi connectivity index (χ0n) is 17.0.